The highest BCUT2D eigenvalue weighted by Gasteiger charge is 2.21. The zero-order valence-electron chi connectivity index (χ0n) is 12.8. The first-order chi connectivity index (χ1) is 11.4. The van der Waals surface area contributed by atoms with Gasteiger partial charge in [0.2, 0.25) is 0 Å². The van der Waals surface area contributed by atoms with E-state index in [9.17, 15) is 14.0 Å². The molecule has 0 heterocycles. The number of rotatable bonds is 3. The lowest BCUT2D eigenvalue weighted by Gasteiger charge is -2.19. The molecule has 2 rings (SSSR count). The lowest BCUT2D eigenvalue weighted by Crippen LogP contribution is -2.28. The maximum absolute atomic E-state index is 14.2. The molecule has 0 unspecified atom stereocenters. The highest BCUT2D eigenvalue weighted by Crippen LogP contribution is 2.25. The first kappa shape index (κ1) is 17.4. The molecule has 122 valence electrons. The van der Waals surface area contributed by atoms with Crippen LogP contribution >= 0.6 is 11.6 Å². The minimum Gasteiger partial charge on any atom is -0.465 e. The number of halogens is 2. The van der Waals surface area contributed by atoms with Crippen molar-refractivity contribution in [1.29, 1.82) is 5.26 Å². The van der Waals surface area contributed by atoms with Crippen molar-refractivity contribution in [1.82, 2.24) is 0 Å². The lowest BCUT2D eigenvalue weighted by atomic mass is 10.1. The Kier molecular flexibility index (Phi) is 5.17. The minimum atomic E-state index is -0.865. The van der Waals surface area contributed by atoms with Gasteiger partial charge in [-0.1, -0.05) is 11.6 Å². The lowest BCUT2D eigenvalue weighted by molar-refractivity contribution is 0.0599. The second-order valence-corrected chi connectivity index (χ2v) is 5.26. The van der Waals surface area contributed by atoms with Gasteiger partial charge in [-0.2, -0.15) is 5.26 Å². The maximum Gasteiger partial charge on any atom is 0.337 e. The Bertz CT molecular complexity index is 861. The zero-order chi connectivity index (χ0) is 17.9. The molecule has 5 nitrogen and oxygen atoms in total. The second kappa shape index (κ2) is 7.11. The average Bonchev–Trinajstić information content (AvgIpc) is 2.59. The predicted octanol–water partition coefficient (Wildman–Crippen LogP) is 3.41. The maximum atomic E-state index is 14.2. The minimum absolute atomic E-state index is 0.00493. The van der Waals surface area contributed by atoms with Gasteiger partial charge in [-0.05, 0) is 36.4 Å². The summed E-state index contributed by atoms with van der Waals surface area (Å²) < 4.78 is 18.7. The molecule has 0 radical (unpaired) electrons. The van der Waals surface area contributed by atoms with Gasteiger partial charge >= 0.3 is 5.97 Å². The van der Waals surface area contributed by atoms with E-state index < -0.39 is 17.7 Å². The number of nitriles is 1. The van der Waals surface area contributed by atoms with Crippen molar-refractivity contribution in [2.24, 2.45) is 0 Å². The fourth-order valence-electron chi connectivity index (χ4n) is 2.10. The number of nitrogens with zero attached hydrogens (tertiary/aromatic N) is 2. The quantitative estimate of drug-likeness (QED) is 0.798. The van der Waals surface area contributed by atoms with Gasteiger partial charge in [0.15, 0.2) is 0 Å². The molecule has 0 aliphatic rings. The van der Waals surface area contributed by atoms with Gasteiger partial charge in [0, 0.05) is 12.1 Å². The third-order valence-electron chi connectivity index (χ3n) is 3.37. The number of anilines is 1. The van der Waals surface area contributed by atoms with E-state index >= 15 is 0 Å². The molecule has 2 aromatic rings. The van der Waals surface area contributed by atoms with Crippen molar-refractivity contribution in [3.05, 3.63) is 63.9 Å². The number of ether oxygens (including phenoxy) is 1. The van der Waals surface area contributed by atoms with Crippen molar-refractivity contribution in [3.8, 4) is 6.07 Å². The van der Waals surface area contributed by atoms with Crippen molar-refractivity contribution in [2.45, 2.75) is 0 Å². The zero-order valence-corrected chi connectivity index (χ0v) is 13.6. The standard InChI is InChI=1S/C17H12ClFN2O3/c1-21(15-8-12(18)5-3-11(15)9-20)16(22)13-6-4-10(7-14(13)19)17(23)24-2/h3-8H,1-2H3. The number of amides is 1. The summed E-state index contributed by atoms with van der Waals surface area (Å²) in [5, 5.41) is 9.47. The first-order valence-corrected chi connectivity index (χ1v) is 7.12. The molecule has 1 amide bonds. The van der Waals surface area contributed by atoms with Gasteiger partial charge < -0.3 is 9.64 Å². The molecule has 0 aromatic heterocycles. The Labute approximate surface area is 142 Å². The topological polar surface area (TPSA) is 70.4 Å². The number of carbonyl (C=O) groups is 2. The van der Waals surface area contributed by atoms with Crippen molar-refractivity contribution in [2.75, 3.05) is 19.1 Å². The van der Waals surface area contributed by atoms with E-state index in [1.807, 2.05) is 6.07 Å². The Morgan fingerprint density at radius 2 is 1.96 bits per heavy atom. The fourth-order valence-corrected chi connectivity index (χ4v) is 2.27. The van der Waals surface area contributed by atoms with E-state index in [0.717, 1.165) is 11.0 Å². The molecular formula is C17H12ClFN2O3. The Hall–Kier alpha value is -2.91. The Morgan fingerprint density at radius 3 is 2.54 bits per heavy atom. The average molecular weight is 347 g/mol. The molecule has 0 bridgehead atoms. The summed E-state index contributed by atoms with van der Waals surface area (Å²) in [7, 11) is 2.58. The fraction of sp³-hybridized carbons (Fsp3) is 0.118. The van der Waals surface area contributed by atoms with E-state index in [4.69, 9.17) is 16.9 Å². The Balaban J connectivity index is 2.41. The van der Waals surface area contributed by atoms with Gasteiger partial charge in [0.1, 0.15) is 11.9 Å². The molecule has 24 heavy (non-hydrogen) atoms. The number of methoxy groups -OCH3 is 1. The summed E-state index contributed by atoms with van der Waals surface area (Å²) in [6.07, 6.45) is 0. The van der Waals surface area contributed by atoms with Crippen LogP contribution in [0.1, 0.15) is 26.3 Å². The molecule has 0 spiro atoms. The van der Waals surface area contributed by atoms with Crippen molar-refractivity contribution >= 4 is 29.2 Å². The smallest absolute Gasteiger partial charge is 0.337 e. The van der Waals surface area contributed by atoms with Crippen LogP contribution in [0.3, 0.4) is 0 Å². The summed E-state index contributed by atoms with van der Waals surface area (Å²) >= 11 is 5.90. The number of carbonyl (C=O) groups excluding carboxylic acids is 2. The summed E-state index contributed by atoms with van der Waals surface area (Å²) in [6.45, 7) is 0. The molecule has 0 atom stereocenters. The number of hydrogen-bond acceptors (Lipinski definition) is 4. The van der Waals surface area contributed by atoms with Crippen LogP contribution in [0.25, 0.3) is 0 Å². The second-order valence-electron chi connectivity index (χ2n) is 4.82. The van der Waals surface area contributed by atoms with E-state index in [1.54, 1.807) is 0 Å². The number of esters is 1. The van der Waals surface area contributed by atoms with Crippen LogP contribution < -0.4 is 4.90 Å². The predicted molar refractivity (Wildman–Crippen MR) is 86.6 cm³/mol. The van der Waals surface area contributed by atoms with Gasteiger partial charge in [-0.15, -0.1) is 0 Å². The normalized spacial score (nSPS) is 9.96. The van der Waals surface area contributed by atoms with Crippen LogP contribution in [0.5, 0.6) is 0 Å². The van der Waals surface area contributed by atoms with Crippen LogP contribution in [0.4, 0.5) is 10.1 Å². The molecule has 2 aromatic carbocycles. The third-order valence-corrected chi connectivity index (χ3v) is 3.60. The number of benzene rings is 2. The van der Waals surface area contributed by atoms with E-state index in [2.05, 4.69) is 4.74 Å². The van der Waals surface area contributed by atoms with Crippen LogP contribution in [0, 0.1) is 17.1 Å². The molecule has 0 aliphatic heterocycles. The highest BCUT2D eigenvalue weighted by atomic mass is 35.5. The van der Waals surface area contributed by atoms with Gasteiger partial charge in [0.05, 0.1) is 29.5 Å². The Morgan fingerprint density at radius 1 is 1.25 bits per heavy atom. The third kappa shape index (κ3) is 3.36. The van der Waals surface area contributed by atoms with E-state index in [1.165, 1.54) is 44.5 Å². The molecule has 0 N–H and O–H groups in total. The van der Waals surface area contributed by atoms with Crippen molar-refractivity contribution in [3.63, 3.8) is 0 Å². The van der Waals surface area contributed by atoms with E-state index in [0.29, 0.717) is 5.02 Å². The van der Waals surface area contributed by atoms with Gasteiger partial charge in [0.25, 0.3) is 5.91 Å². The SMILES string of the molecule is COC(=O)c1ccc(C(=O)N(C)c2cc(Cl)ccc2C#N)c(F)c1. The number of hydrogen-bond donors (Lipinski definition) is 0. The molecule has 0 aliphatic carbocycles. The molecule has 0 fully saturated rings. The largest absolute Gasteiger partial charge is 0.465 e. The monoisotopic (exact) mass is 346 g/mol. The highest BCUT2D eigenvalue weighted by molar-refractivity contribution is 6.31. The molecule has 0 saturated carbocycles. The van der Waals surface area contributed by atoms with Gasteiger partial charge in [-0.25, -0.2) is 9.18 Å². The van der Waals surface area contributed by atoms with Crippen LogP contribution in [-0.2, 0) is 4.74 Å². The van der Waals surface area contributed by atoms with Gasteiger partial charge in [-0.3, -0.25) is 4.79 Å². The summed E-state index contributed by atoms with van der Waals surface area (Å²) in [5.74, 6) is -2.25. The van der Waals surface area contributed by atoms with Crippen LogP contribution in [0.15, 0.2) is 36.4 Å². The molecular weight excluding hydrogens is 335 g/mol. The molecule has 7 heteroatoms. The first-order valence-electron chi connectivity index (χ1n) is 6.74. The van der Waals surface area contributed by atoms with Crippen LogP contribution in [0.2, 0.25) is 5.02 Å². The van der Waals surface area contributed by atoms with E-state index in [-0.39, 0.29) is 22.4 Å². The van der Waals surface area contributed by atoms with Crippen LogP contribution in [-0.4, -0.2) is 26.0 Å². The summed E-state index contributed by atoms with van der Waals surface area (Å²) in [6, 6.07) is 9.79. The summed E-state index contributed by atoms with van der Waals surface area (Å²) in [4.78, 5) is 25.0. The summed E-state index contributed by atoms with van der Waals surface area (Å²) in [5.41, 5.74) is 0.233. The van der Waals surface area contributed by atoms with Crippen molar-refractivity contribution < 1.29 is 18.7 Å². The molecule has 0 saturated heterocycles.